The van der Waals surface area contributed by atoms with Gasteiger partial charge in [-0.3, -0.25) is 28.0 Å². The van der Waals surface area contributed by atoms with Gasteiger partial charge in [-0.15, -0.1) is 0 Å². The van der Waals surface area contributed by atoms with E-state index in [4.69, 9.17) is 51.4 Å². The van der Waals surface area contributed by atoms with E-state index >= 15 is 0 Å². The van der Waals surface area contributed by atoms with Crippen molar-refractivity contribution >= 4 is 69.6 Å². The first-order chi connectivity index (χ1) is 35.2. The number of hydrogen-bond acceptors (Lipinski definition) is 33. The molecule has 37 heteroatoms. The zero-order valence-electron chi connectivity index (χ0n) is 40.6. The van der Waals surface area contributed by atoms with Crippen LogP contribution in [0.4, 0.5) is 0 Å². The molecule has 33 nitrogen and oxygen atoms in total. The number of amides is 2. The molecule has 0 spiro atoms. The molecule has 2 amide bonds. The largest absolute Gasteiger partial charge is 0.726 e. The molecule has 0 saturated carbocycles. The smallest absolute Gasteiger partial charge is 0.217 e. The topological polar surface area (TPSA) is 494 Å². The predicted molar refractivity (Wildman–Crippen MR) is 227 cm³/mol. The number of carbonyl (C=O) groups excluding carboxylic acids is 4. The van der Waals surface area contributed by atoms with Crippen molar-refractivity contribution in [3.63, 3.8) is 0 Å². The Kier molecular flexibility index (Phi) is 29.3. The molecule has 4 saturated heterocycles. The van der Waals surface area contributed by atoms with E-state index in [1.165, 1.54) is 0 Å². The lowest BCUT2D eigenvalue weighted by Crippen LogP contribution is -2.64. The lowest BCUT2D eigenvalue weighted by Gasteiger charge is -2.47. The summed E-state index contributed by atoms with van der Waals surface area (Å²) in [6, 6.07) is -2.64. The molecular formula is C38H58N2O31S4-6. The molecule has 4 N–H and O–H groups in total. The fourth-order valence-electron chi connectivity index (χ4n) is 9.23. The Bertz CT molecular complexity index is 2010. The average Bonchev–Trinajstić information content (AvgIpc) is 3.33. The number of aliphatic carboxylic acids is 2. The zero-order chi connectivity index (χ0) is 57.1. The van der Waals surface area contributed by atoms with Crippen molar-refractivity contribution in [1.82, 2.24) is 10.6 Å². The Morgan fingerprint density at radius 1 is 0.520 bits per heavy atom. The van der Waals surface area contributed by atoms with Crippen LogP contribution >= 0.6 is 0 Å². The summed E-state index contributed by atoms with van der Waals surface area (Å²) in [6.07, 6.45) is -16.5. The Hall–Kier alpha value is -2.94. The lowest BCUT2D eigenvalue weighted by atomic mass is 9.76. The molecule has 20 atom stereocenters. The summed E-state index contributed by atoms with van der Waals surface area (Å²) in [7, 11) is -10.7. The van der Waals surface area contributed by atoms with Crippen LogP contribution in [0, 0.1) is 41.4 Å². The highest BCUT2D eigenvalue weighted by Gasteiger charge is 2.51. The maximum absolute atomic E-state index is 12.6. The van der Waals surface area contributed by atoms with Gasteiger partial charge in [0, 0.05) is 31.6 Å². The second-order valence-electron chi connectivity index (χ2n) is 17.7. The maximum Gasteiger partial charge on any atom is 0.217 e. The van der Waals surface area contributed by atoms with Crippen LogP contribution in [0.2, 0.25) is 0 Å². The van der Waals surface area contributed by atoms with Crippen LogP contribution in [-0.2, 0) is 126 Å². The van der Waals surface area contributed by atoms with Gasteiger partial charge in [-0.2, -0.15) is 8.42 Å². The van der Waals surface area contributed by atoms with Crippen molar-refractivity contribution in [2.75, 3.05) is 52.9 Å². The molecule has 4 aliphatic heterocycles. The molecule has 436 valence electrons. The van der Waals surface area contributed by atoms with Crippen LogP contribution < -0.4 is 31.4 Å². The van der Waals surface area contributed by atoms with E-state index in [2.05, 4.69) is 54.1 Å². The molecule has 0 aromatic heterocycles. The van der Waals surface area contributed by atoms with Crippen LogP contribution in [0.5, 0.6) is 0 Å². The lowest BCUT2D eigenvalue weighted by molar-refractivity contribution is -0.808. The van der Waals surface area contributed by atoms with E-state index in [0.717, 1.165) is 13.8 Å². The van der Waals surface area contributed by atoms with Gasteiger partial charge in [-0.05, 0) is 23.7 Å². The molecule has 0 aromatic rings. The first-order valence-electron chi connectivity index (χ1n) is 22.3. The Balaban J connectivity index is 0.00000469. The second-order valence-corrected chi connectivity index (χ2v) is 19.8. The molecular weight excluding hydrogens is 1110 g/mol. The second kappa shape index (κ2) is 32.2. The minimum absolute atomic E-state index is 0.335. The van der Waals surface area contributed by atoms with Crippen molar-refractivity contribution < 1.29 is 146 Å². The fraction of sp³-hybridized carbons (Fsp3) is 0.895. The fourth-order valence-corrected chi connectivity index (χ4v) is 9.83. The summed E-state index contributed by atoms with van der Waals surface area (Å²) < 4.78 is 133. The van der Waals surface area contributed by atoms with E-state index in [-0.39, 0.29) is 13.2 Å². The summed E-state index contributed by atoms with van der Waals surface area (Å²) in [5.74, 6) is -10.4. The van der Waals surface area contributed by atoms with Crippen LogP contribution in [0.25, 0.3) is 0 Å². The third kappa shape index (κ3) is 20.3. The van der Waals surface area contributed by atoms with Gasteiger partial charge < -0.3 is 93.4 Å². The summed E-state index contributed by atoms with van der Waals surface area (Å²) >= 11 is 5.67. The SMILES string of the molecule is CC(=O)NC1C(O)OC(COS(=O)(=O)[O-])C(OO[O-])C1COCC1OC(C(=O)[O-])C(COCC2OC(COS(=O)(=O)[O-])C(OO[O-])C(COCC3OC(C(=O)[O-])C(O)C(C)C3C)C2NC(C)=O)C(C)C1C.O=S.O=S. The first kappa shape index (κ1) is 68.2. The van der Waals surface area contributed by atoms with Crippen LogP contribution in [0.3, 0.4) is 0 Å². The van der Waals surface area contributed by atoms with Gasteiger partial charge >= 0.3 is 0 Å². The highest BCUT2D eigenvalue weighted by molar-refractivity contribution is 7.81. The van der Waals surface area contributed by atoms with Gasteiger partial charge in [-0.1, -0.05) is 27.7 Å². The highest BCUT2D eigenvalue weighted by Crippen LogP contribution is 2.38. The molecule has 4 aliphatic rings. The normalized spacial score (nSPS) is 36.1. The molecule has 0 aliphatic carbocycles. The summed E-state index contributed by atoms with van der Waals surface area (Å²) in [5.41, 5.74) is 0. The number of aliphatic hydroxyl groups is 2. The summed E-state index contributed by atoms with van der Waals surface area (Å²) in [5, 5.41) is 80.2. The maximum atomic E-state index is 12.6. The summed E-state index contributed by atoms with van der Waals surface area (Å²) in [6.45, 7) is 4.03. The van der Waals surface area contributed by atoms with E-state index in [9.17, 15) is 76.1 Å². The average molecular weight is 1170 g/mol. The Morgan fingerprint density at radius 3 is 1.33 bits per heavy atom. The monoisotopic (exact) mass is 1170 g/mol. The number of carboxylic acids is 2. The van der Waals surface area contributed by atoms with Gasteiger partial charge in [0.1, 0.15) is 42.7 Å². The van der Waals surface area contributed by atoms with Crippen molar-refractivity contribution in [3.8, 4) is 0 Å². The molecule has 0 radical (unpaired) electrons. The van der Waals surface area contributed by atoms with Crippen molar-refractivity contribution in [3.05, 3.63) is 0 Å². The first-order valence-corrected chi connectivity index (χ1v) is 25.6. The molecule has 4 fully saturated rings. The van der Waals surface area contributed by atoms with E-state index in [1.807, 2.05) is 0 Å². The molecule has 0 bridgehead atoms. The van der Waals surface area contributed by atoms with E-state index in [0.29, 0.717) is 0 Å². The third-order valence-corrected chi connectivity index (χ3v) is 14.1. The molecule has 75 heavy (non-hydrogen) atoms. The van der Waals surface area contributed by atoms with Gasteiger partial charge in [0.15, 0.2) is 31.4 Å². The minimum Gasteiger partial charge on any atom is -0.726 e. The predicted octanol–water partition coefficient (Wildman–Crippen LogP) is -9.22. The number of rotatable bonds is 26. The number of carbonyl (C=O) groups is 4. The number of ether oxygens (including phenoxy) is 7. The van der Waals surface area contributed by atoms with Crippen LogP contribution in [-0.4, -0.2) is 201 Å². The number of aliphatic hydroxyl groups excluding tert-OH is 2. The summed E-state index contributed by atoms with van der Waals surface area (Å²) in [4.78, 5) is 58.6. The Labute approximate surface area is 439 Å². The van der Waals surface area contributed by atoms with Crippen molar-refractivity contribution in [1.29, 1.82) is 0 Å². The van der Waals surface area contributed by atoms with Crippen molar-refractivity contribution in [2.24, 2.45) is 41.4 Å². The minimum atomic E-state index is -5.38. The van der Waals surface area contributed by atoms with Gasteiger partial charge in [-0.25, -0.2) is 26.6 Å². The standard InChI is InChI=1S/C38H64N2O29S2.2OS/c1-15-16(2)24(10-59-9-23-30(40-20(6)42)38(48)65-28(33(23)67-69-50)14-61-71(54,55)56)63-34(36(44)45)21(15)7-57-12-26-29(39-19(5)41)22(32(66-68-49)27(62-26)13-60-70(51,52)53)8-58-11-25-17(3)18(4)31(43)35(64-25)37(46)47;2*1-2/h15-18,21-35,38,43,48-50H,7-14H2,1-6H3,(H,39,41)(H,40,42)(H,44,45)(H,46,47)(H,51,52,53)(H,54,55,56);;/p-6. The molecule has 4 heterocycles. The van der Waals surface area contributed by atoms with Gasteiger partial charge in [0.05, 0.1) is 95.2 Å². The van der Waals surface area contributed by atoms with E-state index < -0.39 is 205 Å². The molecule has 0 aromatic carbocycles. The Morgan fingerprint density at radius 2 is 0.907 bits per heavy atom. The molecule has 20 unspecified atom stereocenters. The number of nitrogens with one attached hydrogen (secondary N) is 2. The third-order valence-electron chi connectivity index (χ3n) is 13.3. The van der Waals surface area contributed by atoms with E-state index in [1.54, 1.807) is 27.7 Å². The quantitative estimate of drug-likeness (QED) is 0.0270. The van der Waals surface area contributed by atoms with Gasteiger partial charge in [0.2, 0.25) is 32.6 Å². The van der Waals surface area contributed by atoms with Crippen LogP contribution in [0.15, 0.2) is 0 Å². The van der Waals surface area contributed by atoms with Crippen LogP contribution in [0.1, 0.15) is 41.5 Å². The number of hydrogen-bond donors (Lipinski definition) is 4. The highest BCUT2D eigenvalue weighted by atomic mass is 32.3. The van der Waals surface area contributed by atoms with Gasteiger partial charge in [0.25, 0.3) is 0 Å². The number of carboxylic acid groups (broad SMARTS) is 2. The zero-order valence-corrected chi connectivity index (χ0v) is 43.8. The van der Waals surface area contributed by atoms with Crippen molar-refractivity contribution in [2.45, 2.75) is 121 Å². The molecule has 4 rings (SSSR count).